The molecule has 1 aliphatic rings. The Labute approximate surface area is 144 Å². The minimum absolute atomic E-state index is 0.00806. The highest BCUT2D eigenvalue weighted by atomic mass is 79.9. The number of halogens is 4. The minimum Gasteiger partial charge on any atom is -0.507 e. The second-order valence-corrected chi connectivity index (χ2v) is 6.46. The number of alkyl halides is 3. The molecule has 0 saturated heterocycles. The Morgan fingerprint density at radius 2 is 2.00 bits per heavy atom. The molecule has 2 aromatic rings. The van der Waals surface area contributed by atoms with Gasteiger partial charge in [-0.25, -0.2) is 4.79 Å². The molecule has 0 spiro atoms. The van der Waals surface area contributed by atoms with E-state index in [0.717, 1.165) is 11.6 Å². The number of methoxy groups -OCH3 is 1. The van der Waals surface area contributed by atoms with Crippen LogP contribution in [0.3, 0.4) is 0 Å². The molecule has 7 heteroatoms. The summed E-state index contributed by atoms with van der Waals surface area (Å²) in [6.07, 6.45) is -4.76. The topological polar surface area (TPSA) is 46.5 Å². The number of hydrogen-bond acceptors (Lipinski definition) is 3. The molecular weight excluding hydrogens is 389 g/mol. The number of carbonyl (C=O) groups excluding carboxylic acids is 1. The van der Waals surface area contributed by atoms with Gasteiger partial charge < -0.3 is 9.84 Å². The summed E-state index contributed by atoms with van der Waals surface area (Å²) < 4.78 is 46.3. The lowest BCUT2D eigenvalue weighted by Crippen LogP contribution is -2.18. The van der Waals surface area contributed by atoms with E-state index >= 15 is 0 Å². The minimum atomic E-state index is -4.79. The first-order valence-corrected chi connectivity index (χ1v) is 7.78. The first kappa shape index (κ1) is 16.8. The zero-order chi connectivity index (χ0) is 17.8. The van der Waals surface area contributed by atoms with Crippen LogP contribution in [-0.2, 0) is 17.3 Å². The number of esters is 1. The third kappa shape index (κ3) is 2.38. The van der Waals surface area contributed by atoms with Crippen molar-refractivity contribution in [2.75, 3.05) is 7.11 Å². The Morgan fingerprint density at radius 3 is 2.58 bits per heavy atom. The van der Waals surface area contributed by atoms with Crippen molar-refractivity contribution in [1.82, 2.24) is 0 Å². The highest BCUT2D eigenvalue weighted by Crippen LogP contribution is 2.50. The van der Waals surface area contributed by atoms with Crippen LogP contribution in [0.4, 0.5) is 13.2 Å². The van der Waals surface area contributed by atoms with Gasteiger partial charge in [-0.2, -0.15) is 13.2 Å². The van der Waals surface area contributed by atoms with Crippen LogP contribution in [-0.4, -0.2) is 18.2 Å². The summed E-state index contributed by atoms with van der Waals surface area (Å²) in [6.45, 7) is 1.50. The molecule has 0 unspecified atom stereocenters. The Balaban J connectivity index is 2.43. The van der Waals surface area contributed by atoms with Crippen molar-refractivity contribution in [1.29, 1.82) is 0 Å². The molecule has 0 radical (unpaired) electrons. The van der Waals surface area contributed by atoms with Crippen LogP contribution in [0.25, 0.3) is 11.1 Å². The average Bonchev–Trinajstić information content (AvgIpc) is 2.86. The van der Waals surface area contributed by atoms with Crippen molar-refractivity contribution in [2.24, 2.45) is 0 Å². The molecule has 126 valence electrons. The van der Waals surface area contributed by atoms with Crippen LogP contribution in [0.1, 0.15) is 32.6 Å². The van der Waals surface area contributed by atoms with Crippen LogP contribution >= 0.6 is 15.9 Å². The van der Waals surface area contributed by atoms with Crippen molar-refractivity contribution in [2.45, 2.75) is 19.5 Å². The van der Waals surface area contributed by atoms with E-state index < -0.39 is 29.0 Å². The first-order chi connectivity index (χ1) is 11.2. The number of carbonyl (C=O) groups is 1. The molecule has 1 aliphatic carbocycles. The third-order valence-electron chi connectivity index (χ3n) is 4.20. The average molecular weight is 401 g/mol. The van der Waals surface area contributed by atoms with Crippen molar-refractivity contribution in [3.63, 3.8) is 0 Å². The Hall–Kier alpha value is -2.02. The number of aromatic hydroxyl groups is 1. The molecule has 0 aliphatic heterocycles. The normalized spacial score (nSPS) is 12.8. The van der Waals surface area contributed by atoms with E-state index in [1.807, 2.05) is 0 Å². The number of phenolic OH excluding ortho intramolecular Hbond substituents is 1. The fourth-order valence-electron chi connectivity index (χ4n) is 3.22. The third-order valence-corrected chi connectivity index (χ3v) is 4.69. The second kappa shape index (κ2) is 5.51. The van der Waals surface area contributed by atoms with Gasteiger partial charge in [-0.15, -0.1) is 0 Å². The largest absolute Gasteiger partial charge is 0.507 e. The molecule has 3 rings (SSSR count). The SMILES string of the molecule is COC(=O)c1c(O)c(C)c2c(c1C(F)(F)F)Cc1cc(Br)ccc1-2. The van der Waals surface area contributed by atoms with Gasteiger partial charge >= 0.3 is 12.1 Å². The molecular formula is C17H12BrF3O3. The highest BCUT2D eigenvalue weighted by molar-refractivity contribution is 9.10. The van der Waals surface area contributed by atoms with Gasteiger partial charge in [-0.05, 0) is 53.3 Å². The van der Waals surface area contributed by atoms with E-state index in [-0.39, 0.29) is 17.5 Å². The summed E-state index contributed by atoms with van der Waals surface area (Å²) in [5.74, 6) is -1.90. The van der Waals surface area contributed by atoms with Gasteiger partial charge in [0.1, 0.15) is 11.3 Å². The van der Waals surface area contributed by atoms with E-state index in [1.54, 1.807) is 18.2 Å². The van der Waals surface area contributed by atoms with Crippen LogP contribution in [0.5, 0.6) is 5.75 Å². The summed E-state index contributed by atoms with van der Waals surface area (Å²) in [7, 11) is 0.982. The summed E-state index contributed by atoms with van der Waals surface area (Å²) >= 11 is 3.30. The summed E-state index contributed by atoms with van der Waals surface area (Å²) in [5, 5.41) is 10.3. The van der Waals surface area contributed by atoms with E-state index in [1.165, 1.54) is 6.92 Å². The second-order valence-electron chi connectivity index (χ2n) is 5.54. The lowest BCUT2D eigenvalue weighted by Gasteiger charge is -2.20. The van der Waals surface area contributed by atoms with Crippen molar-refractivity contribution >= 4 is 21.9 Å². The Kier molecular flexibility index (Phi) is 3.86. The van der Waals surface area contributed by atoms with Crippen molar-refractivity contribution in [3.05, 3.63) is 50.5 Å². The van der Waals surface area contributed by atoms with Crippen LogP contribution in [0.2, 0.25) is 0 Å². The summed E-state index contributed by atoms with van der Waals surface area (Å²) in [6, 6.07) is 5.17. The maximum Gasteiger partial charge on any atom is 0.417 e. The van der Waals surface area contributed by atoms with Crippen LogP contribution in [0.15, 0.2) is 22.7 Å². The van der Waals surface area contributed by atoms with Gasteiger partial charge in [0.15, 0.2) is 0 Å². The monoisotopic (exact) mass is 400 g/mol. The number of ether oxygens (including phenoxy) is 1. The zero-order valence-electron chi connectivity index (χ0n) is 12.7. The van der Waals surface area contributed by atoms with E-state index in [0.29, 0.717) is 16.7 Å². The lowest BCUT2D eigenvalue weighted by molar-refractivity contribution is -0.138. The Morgan fingerprint density at radius 1 is 1.33 bits per heavy atom. The quantitative estimate of drug-likeness (QED) is 0.594. The smallest absolute Gasteiger partial charge is 0.417 e. The molecule has 0 bridgehead atoms. The van der Waals surface area contributed by atoms with Crippen molar-refractivity contribution < 1.29 is 27.8 Å². The van der Waals surface area contributed by atoms with E-state index in [4.69, 9.17) is 0 Å². The molecule has 2 aromatic carbocycles. The number of fused-ring (bicyclic) bond motifs is 3. The fraction of sp³-hybridized carbons (Fsp3) is 0.235. The predicted octanol–water partition coefficient (Wildman–Crippen LogP) is 4.84. The molecule has 0 amide bonds. The first-order valence-electron chi connectivity index (χ1n) is 6.99. The standard InChI is InChI=1S/C17H12BrF3O3/c1-7-12-10-4-3-9(18)5-8(10)6-11(12)14(17(19,20)21)13(15(7)22)16(23)24-2/h3-5,22H,6H2,1-2H3. The van der Waals surface area contributed by atoms with E-state index in [2.05, 4.69) is 20.7 Å². The van der Waals surface area contributed by atoms with Gasteiger partial charge in [-0.3, -0.25) is 0 Å². The summed E-state index contributed by atoms with van der Waals surface area (Å²) in [5.41, 5.74) is -0.0639. The van der Waals surface area contributed by atoms with E-state index in [9.17, 15) is 23.1 Å². The molecule has 3 nitrogen and oxygen atoms in total. The molecule has 0 aromatic heterocycles. The van der Waals surface area contributed by atoms with Gasteiger partial charge in [0.05, 0.1) is 12.7 Å². The highest BCUT2D eigenvalue weighted by Gasteiger charge is 2.43. The Bertz CT molecular complexity index is 873. The van der Waals surface area contributed by atoms with Gasteiger partial charge in [0.25, 0.3) is 0 Å². The molecule has 0 heterocycles. The van der Waals surface area contributed by atoms with Gasteiger partial charge in [0, 0.05) is 4.47 Å². The van der Waals surface area contributed by atoms with Crippen LogP contribution in [0, 0.1) is 6.92 Å². The number of phenols is 1. The zero-order valence-corrected chi connectivity index (χ0v) is 14.3. The number of benzene rings is 2. The van der Waals surface area contributed by atoms with Gasteiger partial charge in [-0.1, -0.05) is 22.0 Å². The molecule has 0 saturated carbocycles. The lowest BCUT2D eigenvalue weighted by atomic mass is 9.90. The molecule has 1 N–H and O–H groups in total. The fourth-order valence-corrected chi connectivity index (χ4v) is 3.63. The predicted molar refractivity (Wildman–Crippen MR) is 85.1 cm³/mol. The van der Waals surface area contributed by atoms with Crippen LogP contribution < -0.4 is 0 Å². The molecule has 0 fully saturated rings. The molecule has 24 heavy (non-hydrogen) atoms. The number of hydrogen-bond donors (Lipinski definition) is 1. The van der Waals surface area contributed by atoms with Gasteiger partial charge in [0.2, 0.25) is 0 Å². The van der Waals surface area contributed by atoms with Crippen molar-refractivity contribution in [3.8, 4) is 16.9 Å². The molecule has 0 atom stereocenters. The number of rotatable bonds is 1. The maximum absolute atomic E-state index is 13.7. The summed E-state index contributed by atoms with van der Waals surface area (Å²) in [4.78, 5) is 11.9. The maximum atomic E-state index is 13.7.